The first-order chi connectivity index (χ1) is 20.5. The quantitative estimate of drug-likeness (QED) is 0.0656. The number of thiol groups is 1. The van der Waals surface area contributed by atoms with Gasteiger partial charge in [-0.25, -0.2) is 4.79 Å². The summed E-state index contributed by atoms with van der Waals surface area (Å²) in [6.45, 7) is 1.47. The zero-order valence-electron chi connectivity index (χ0n) is 24.1. The number of hydrogen-bond acceptors (Lipinski definition) is 12. The Hall–Kier alpha value is -4.01. The van der Waals surface area contributed by atoms with E-state index in [4.69, 9.17) is 11.5 Å². The number of aliphatic carboxylic acids is 1. The van der Waals surface area contributed by atoms with E-state index in [2.05, 4.69) is 39.2 Å². The molecular formula is C24H40N8O11S. The Bertz CT molecular complexity index is 1110. The molecule has 0 spiro atoms. The molecule has 20 heteroatoms. The van der Waals surface area contributed by atoms with E-state index in [-0.39, 0.29) is 25.3 Å². The van der Waals surface area contributed by atoms with Crippen molar-refractivity contribution < 1.29 is 53.7 Å². The summed E-state index contributed by atoms with van der Waals surface area (Å²) in [6, 6.07) is -7.59. The van der Waals surface area contributed by atoms with Crippen LogP contribution in [0.15, 0.2) is 0 Å². The van der Waals surface area contributed by atoms with Gasteiger partial charge in [-0.2, -0.15) is 12.6 Å². The van der Waals surface area contributed by atoms with E-state index in [0.717, 1.165) is 4.90 Å². The average molecular weight is 649 g/mol. The van der Waals surface area contributed by atoms with Crippen LogP contribution in [0.25, 0.3) is 0 Å². The van der Waals surface area contributed by atoms with Crippen LogP contribution in [0.2, 0.25) is 0 Å². The zero-order valence-corrected chi connectivity index (χ0v) is 25.0. The molecule has 0 saturated carbocycles. The molecule has 0 aromatic rings. The third-order valence-electron chi connectivity index (χ3n) is 6.43. The minimum atomic E-state index is -1.71. The highest BCUT2D eigenvalue weighted by Crippen LogP contribution is 2.19. The van der Waals surface area contributed by atoms with Crippen molar-refractivity contribution in [1.82, 2.24) is 31.5 Å². The minimum absolute atomic E-state index is 0.0654. The van der Waals surface area contributed by atoms with Gasteiger partial charge in [0.25, 0.3) is 0 Å². The van der Waals surface area contributed by atoms with E-state index >= 15 is 0 Å². The van der Waals surface area contributed by atoms with Crippen molar-refractivity contribution in [3.8, 4) is 0 Å². The summed E-state index contributed by atoms with van der Waals surface area (Å²) in [5, 5.41) is 40.6. The molecule has 248 valence electrons. The molecule has 44 heavy (non-hydrogen) atoms. The van der Waals surface area contributed by atoms with E-state index in [9.17, 15) is 53.7 Å². The molecule has 1 saturated heterocycles. The number of nitrogens with zero attached hydrogens (tertiary/aromatic N) is 1. The van der Waals surface area contributed by atoms with Crippen LogP contribution >= 0.6 is 12.6 Å². The Morgan fingerprint density at radius 2 is 1.43 bits per heavy atom. The van der Waals surface area contributed by atoms with Crippen LogP contribution in [0, 0.1) is 0 Å². The van der Waals surface area contributed by atoms with Crippen LogP contribution in [0.3, 0.4) is 0 Å². The van der Waals surface area contributed by atoms with Gasteiger partial charge in [-0.3, -0.25) is 33.6 Å². The lowest BCUT2D eigenvalue weighted by Crippen LogP contribution is -2.62. The molecule has 1 fully saturated rings. The lowest BCUT2D eigenvalue weighted by Gasteiger charge is -2.30. The molecule has 0 bridgehead atoms. The van der Waals surface area contributed by atoms with Crippen LogP contribution < -0.4 is 38.1 Å². The Morgan fingerprint density at radius 1 is 0.864 bits per heavy atom. The van der Waals surface area contributed by atoms with Crippen LogP contribution in [-0.2, 0) is 38.4 Å². The van der Waals surface area contributed by atoms with Gasteiger partial charge in [0.2, 0.25) is 41.4 Å². The van der Waals surface area contributed by atoms with Gasteiger partial charge >= 0.3 is 5.97 Å². The summed E-state index contributed by atoms with van der Waals surface area (Å²) in [7, 11) is 0. The molecule has 7 atom stereocenters. The highest BCUT2D eigenvalue weighted by atomic mass is 32.1. The lowest BCUT2D eigenvalue weighted by atomic mass is 10.1. The fourth-order valence-corrected chi connectivity index (χ4v) is 4.38. The summed E-state index contributed by atoms with van der Waals surface area (Å²) in [6.07, 6.45) is -3.19. The van der Waals surface area contributed by atoms with E-state index in [1.807, 2.05) is 0 Å². The minimum Gasteiger partial charge on any atom is -0.480 e. The van der Waals surface area contributed by atoms with E-state index in [1.165, 1.54) is 13.8 Å². The Morgan fingerprint density at radius 3 is 1.93 bits per heavy atom. The van der Waals surface area contributed by atoms with Crippen LogP contribution in [0.5, 0.6) is 0 Å². The molecule has 0 radical (unpaired) electrons. The monoisotopic (exact) mass is 648 g/mol. The van der Waals surface area contributed by atoms with Gasteiger partial charge in [0.05, 0.1) is 31.7 Å². The SMILES string of the molecule is C[C@@H](O)[C@H](NC(=O)CNC(=O)CN)C(=O)N[C@@H](CS)C(=O)N[C@@H](CC(N)=O)C(=O)N[C@H](C(=O)N1CCC[C@H]1C(=O)O)[C@@H](C)O. The molecule has 1 rings (SSSR count). The van der Waals surface area contributed by atoms with Gasteiger partial charge in [0.1, 0.15) is 30.2 Å². The molecule has 12 N–H and O–H groups in total. The number of amides is 7. The van der Waals surface area contributed by atoms with Gasteiger partial charge in [-0.1, -0.05) is 0 Å². The van der Waals surface area contributed by atoms with Crippen molar-refractivity contribution in [2.45, 2.75) is 75.5 Å². The molecule has 0 aromatic carbocycles. The van der Waals surface area contributed by atoms with Gasteiger partial charge in [0, 0.05) is 12.3 Å². The number of rotatable bonds is 17. The van der Waals surface area contributed by atoms with E-state index < -0.39 is 103 Å². The second-order valence-corrected chi connectivity index (χ2v) is 10.4. The molecule has 19 nitrogen and oxygen atoms in total. The number of primary amides is 1. The number of carboxylic acid groups (broad SMARTS) is 1. The molecule has 7 amide bonds. The summed E-state index contributed by atoms with van der Waals surface area (Å²) >= 11 is 4.01. The van der Waals surface area contributed by atoms with Gasteiger partial charge < -0.3 is 58.3 Å². The molecule has 1 heterocycles. The average Bonchev–Trinajstić information content (AvgIpc) is 3.45. The maximum absolute atomic E-state index is 13.1. The van der Waals surface area contributed by atoms with E-state index in [0.29, 0.717) is 6.42 Å². The van der Waals surface area contributed by atoms with Crippen molar-refractivity contribution in [3.63, 3.8) is 0 Å². The third-order valence-corrected chi connectivity index (χ3v) is 6.80. The largest absolute Gasteiger partial charge is 0.480 e. The first kappa shape index (κ1) is 38.0. The number of carbonyl (C=O) groups excluding carboxylic acids is 7. The van der Waals surface area contributed by atoms with Gasteiger partial charge in [-0.05, 0) is 26.7 Å². The Balaban J connectivity index is 3.02. The Kier molecular flexibility index (Phi) is 15.5. The topological polar surface area (TPSA) is 313 Å². The number of hydrogen-bond donors (Lipinski definition) is 11. The number of likely N-dealkylation sites (tertiary alicyclic amines) is 1. The third kappa shape index (κ3) is 11.6. The maximum Gasteiger partial charge on any atom is 0.326 e. The standard InChI is InChI=1S/C24H40N8O11S/c1-10(33)18(30-17(37)8-27-16(36)7-25)22(40)29-13(9-44)21(39)28-12(6-15(26)35)20(38)31-19(11(2)34)23(41)32-5-3-4-14(32)24(42)43/h10-14,18-19,33-34,44H,3-9,25H2,1-2H3,(H2,26,35)(H,27,36)(H,28,39)(H,29,40)(H,30,37)(H,31,38)(H,42,43)/t10-,11-,12+,13+,14+,18+,19+/m1/s1. The summed E-state index contributed by atoms with van der Waals surface area (Å²) < 4.78 is 0. The van der Waals surface area contributed by atoms with Crippen molar-refractivity contribution in [3.05, 3.63) is 0 Å². The second kappa shape index (κ2) is 18.0. The number of carboxylic acids is 1. The van der Waals surface area contributed by atoms with E-state index in [1.54, 1.807) is 0 Å². The number of aliphatic hydroxyl groups excluding tert-OH is 2. The summed E-state index contributed by atoms with van der Waals surface area (Å²) in [5.74, 6) is -8.28. The fraction of sp³-hybridized carbons (Fsp3) is 0.667. The molecule has 1 aliphatic heterocycles. The maximum atomic E-state index is 13.1. The van der Waals surface area contributed by atoms with Crippen LogP contribution in [0.4, 0.5) is 0 Å². The first-order valence-corrected chi connectivity index (χ1v) is 14.1. The smallest absolute Gasteiger partial charge is 0.326 e. The predicted octanol–water partition coefficient (Wildman–Crippen LogP) is -6.36. The van der Waals surface area contributed by atoms with Crippen molar-refractivity contribution in [2.75, 3.05) is 25.4 Å². The first-order valence-electron chi connectivity index (χ1n) is 13.5. The molecular weight excluding hydrogens is 608 g/mol. The lowest BCUT2D eigenvalue weighted by molar-refractivity contribution is -0.151. The number of carbonyl (C=O) groups is 8. The molecule has 0 aromatic heterocycles. The van der Waals surface area contributed by atoms with Crippen molar-refractivity contribution >= 4 is 59.9 Å². The second-order valence-electron chi connectivity index (χ2n) is 10.00. The number of nitrogens with two attached hydrogens (primary N) is 2. The molecule has 0 aliphatic carbocycles. The number of nitrogens with one attached hydrogen (secondary N) is 5. The Labute approximate surface area is 257 Å². The van der Waals surface area contributed by atoms with Crippen molar-refractivity contribution in [1.29, 1.82) is 0 Å². The van der Waals surface area contributed by atoms with Crippen molar-refractivity contribution in [2.24, 2.45) is 11.5 Å². The summed E-state index contributed by atoms with van der Waals surface area (Å²) in [4.78, 5) is 99.5. The highest BCUT2D eigenvalue weighted by molar-refractivity contribution is 7.80. The predicted molar refractivity (Wildman–Crippen MR) is 153 cm³/mol. The fourth-order valence-electron chi connectivity index (χ4n) is 4.13. The number of aliphatic hydroxyl groups is 2. The zero-order chi connectivity index (χ0) is 33.7. The van der Waals surface area contributed by atoms with Gasteiger partial charge in [-0.15, -0.1) is 0 Å². The summed E-state index contributed by atoms with van der Waals surface area (Å²) in [5.41, 5.74) is 10.4. The highest BCUT2D eigenvalue weighted by Gasteiger charge is 2.40. The van der Waals surface area contributed by atoms with Crippen LogP contribution in [0.1, 0.15) is 33.1 Å². The van der Waals surface area contributed by atoms with Crippen LogP contribution in [-0.4, -0.2) is 135 Å². The van der Waals surface area contributed by atoms with Gasteiger partial charge in [0.15, 0.2) is 0 Å². The normalized spacial score (nSPS) is 18.4. The molecule has 0 unspecified atom stereocenters. The molecule has 1 aliphatic rings.